The molecule has 86 heavy (non-hydrogen) atoms. The summed E-state index contributed by atoms with van der Waals surface area (Å²) in [6, 6.07) is 27.0. The molecule has 0 aliphatic carbocycles. The van der Waals surface area contributed by atoms with E-state index in [1.807, 2.05) is 50.2 Å². The number of benzene rings is 4. The summed E-state index contributed by atoms with van der Waals surface area (Å²) in [5.74, 6) is 2.21. The Balaban J connectivity index is 0.000000240. The Hall–Kier alpha value is -4.43. The van der Waals surface area contributed by atoms with E-state index in [1.165, 1.54) is 42.8 Å². The predicted molar refractivity (Wildman–Crippen MR) is 354 cm³/mol. The lowest BCUT2D eigenvalue weighted by molar-refractivity contribution is -0.141. The molecule has 0 aliphatic heterocycles. The van der Waals surface area contributed by atoms with Crippen molar-refractivity contribution < 1.29 is 48.6 Å². The van der Waals surface area contributed by atoms with Crippen molar-refractivity contribution in [1.82, 2.24) is 40.4 Å². The number of aromatic hydroxyl groups is 1. The van der Waals surface area contributed by atoms with E-state index < -0.39 is 0 Å². The smallest absolute Gasteiger partial charge is 0.302 e. The number of nitrogens with zero attached hydrogens (tertiary/aromatic N) is 7. The van der Waals surface area contributed by atoms with Gasteiger partial charge < -0.3 is 39.0 Å². The summed E-state index contributed by atoms with van der Waals surface area (Å²) in [6.45, 7) is 7.35. The van der Waals surface area contributed by atoms with Gasteiger partial charge in [-0.05, 0) is 243 Å². The van der Waals surface area contributed by atoms with Crippen molar-refractivity contribution in [3.05, 3.63) is 191 Å². The number of aliphatic hydroxyl groups is 2. The number of aromatic amines is 1. The largest absolute Gasteiger partial charge is 0.506 e. The third-order valence-corrected chi connectivity index (χ3v) is 15.6. The monoisotopic (exact) mass is 1750 g/mol. The van der Waals surface area contributed by atoms with Crippen molar-refractivity contribution in [3.63, 3.8) is 0 Å². The molecule has 8 aromatic rings. The summed E-state index contributed by atoms with van der Waals surface area (Å²) in [4.78, 5) is 44.3. The summed E-state index contributed by atoms with van der Waals surface area (Å²) in [5.41, 5.74) is 3.45. The fourth-order valence-corrected chi connectivity index (χ4v) is 12.3. The van der Waals surface area contributed by atoms with Crippen molar-refractivity contribution >= 4 is 174 Å². The van der Waals surface area contributed by atoms with E-state index in [9.17, 15) is 24.3 Å². The highest BCUT2D eigenvalue weighted by atomic mass is 79.9. The van der Waals surface area contributed by atoms with Crippen LogP contribution in [-0.2, 0) is 44.7 Å². The highest BCUT2D eigenvalue weighted by molar-refractivity contribution is 9.12. The fraction of sp³-hybridized carbons (Fsp3) is 0.236. The molecule has 0 radical (unpaired) electrons. The minimum Gasteiger partial charge on any atom is -0.506 e. The Morgan fingerprint density at radius 1 is 0.512 bits per heavy atom. The number of H-pyrrole nitrogens is 1. The number of esters is 2. The van der Waals surface area contributed by atoms with Gasteiger partial charge in [-0.1, -0.05) is 34.8 Å². The molecule has 20 nitrogen and oxygen atoms in total. The molecular weight excluding hydrogens is 1710 g/mol. The molecule has 0 aliphatic rings. The van der Waals surface area contributed by atoms with Crippen LogP contribution >= 0.6 is 162 Å². The van der Waals surface area contributed by atoms with E-state index in [1.54, 1.807) is 36.4 Å². The van der Waals surface area contributed by atoms with Crippen LogP contribution in [0.3, 0.4) is 0 Å². The Morgan fingerprint density at radius 3 is 1.21 bits per heavy atom. The van der Waals surface area contributed by atoms with Gasteiger partial charge in [0.2, 0.25) is 17.6 Å². The second-order valence-corrected chi connectivity index (χ2v) is 25.2. The number of rotatable bonds is 17. The Morgan fingerprint density at radius 2 is 0.860 bits per heavy atom. The maximum Gasteiger partial charge on any atom is 0.302 e. The first-order chi connectivity index (χ1) is 40.8. The molecule has 4 aromatic heterocycles. The van der Waals surface area contributed by atoms with Crippen molar-refractivity contribution in [3.8, 4) is 40.6 Å². The molecule has 31 heteroatoms. The van der Waals surface area contributed by atoms with Crippen molar-refractivity contribution in [2.24, 2.45) is 0 Å². The molecule has 0 spiro atoms. The number of nitrogens with one attached hydrogen (secondary N) is 1. The molecule has 458 valence electrons. The van der Waals surface area contributed by atoms with Gasteiger partial charge >= 0.3 is 11.9 Å². The van der Waals surface area contributed by atoms with Crippen molar-refractivity contribution in [1.29, 1.82) is 0 Å². The topological polar surface area (TPSA) is 273 Å². The van der Waals surface area contributed by atoms with Gasteiger partial charge in [0, 0.05) is 70.2 Å². The third-order valence-electron chi connectivity index (χ3n) is 10.2. The number of carbonyl (C=O) groups excluding carboxylic acids is 2. The van der Waals surface area contributed by atoms with Gasteiger partial charge in [0.05, 0.1) is 55.0 Å². The number of carbonyl (C=O) groups is 2. The Kier molecular flexibility index (Phi) is 32.9. The number of hydrogen-bond donors (Lipinski definition) is 4. The van der Waals surface area contributed by atoms with E-state index in [4.69, 9.17) is 68.7 Å². The lowest BCUT2D eigenvalue weighted by atomic mass is 10.1. The SMILES string of the molecule is CC(=O)OCCc1cc(Br)c(Oc2ccc(=O)[nH]n2)c(Br)c1.CC(=O)OCCc1cc(Br)c(Oc2ccc(=O)n(C(C)C)n2)c(Br)c1.Clc1ccc(Cl)nn1.OCCc1cc(Br)c(O)c(Br)c1.OCCc1cc(Br)c(Oc2ccc(Cl)nn2)c(Br)c1. The van der Waals surface area contributed by atoms with Gasteiger partial charge in [-0.15, -0.1) is 30.6 Å². The molecular formula is C55H49Br8Cl3N8O12. The normalized spacial score (nSPS) is 10.4. The van der Waals surface area contributed by atoms with Crippen LogP contribution < -0.4 is 25.3 Å². The van der Waals surface area contributed by atoms with Crippen LogP contribution in [0.25, 0.3) is 0 Å². The van der Waals surface area contributed by atoms with Gasteiger partial charge in [0.25, 0.3) is 11.1 Å². The molecule has 8 rings (SSSR count). The first kappa shape index (κ1) is 74.0. The van der Waals surface area contributed by atoms with E-state index in [-0.39, 0.29) is 53.9 Å². The van der Waals surface area contributed by atoms with Crippen LogP contribution in [0.15, 0.2) is 142 Å². The Bertz CT molecular complexity index is 3540. The summed E-state index contributed by atoms with van der Waals surface area (Å²) in [7, 11) is 0. The molecule has 0 unspecified atom stereocenters. The van der Waals surface area contributed by atoms with Crippen LogP contribution in [0.5, 0.6) is 40.6 Å². The number of aromatic nitrogens is 8. The predicted octanol–water partition coefficient (Wildman–Crippen LogP) is 15.7. The average molecular weight is 1760 g/mol. The maximum atomic E-state index is 11.8. The summed E-state index contributed by atoms with van der Waals surface area (Å²) >= 11 is 43.5. The lowest BCUT2D eigenvalue weighted by Crippen LogP contribution is -2.23. The van der Waals surface area contributed by atoms with Crippen molar-refractivity contribution in [2.75, 3.05) is 26.4 Å². The number of phenolic OH excluding ortho intramolecular Hbond substituents is 1. The molecule has 4 heterocycles. The minimum atomic E-state index is -0.303. The lowest BCUT2D eigenvalue weighted by Gasteiger charge is -2.13. The van der Waals surface area contributed by atoms with Gasteiger partial charge in [0.1, 0.15) is 5.75 Å². The van der Waals surface area contributed by atoms with E-state index >= 15 is 0 Å². The van der Waals surface area contributed by atoms with Gasteiger partial charge in [-0.2, -0.15) is 0 Å². The molecule has 0 amide bonds. The van der Waals surface area contributed by atoms with Gasteiger partial charge in [-0.25, -0.2) is 9.78 Å². The molecule has 0 atom stereocenters. The average Bonchev–Trinajstić information content (AvgIpc) is 3.58. The van der Waals surface area contributed by atoms with Crippen LogP contribution in [-0.4, -0.2) is 94.1 Å². The number of aliphatic hydroxyl groups excluding tert-OH is 2. The van der Waals surface area contributed by atoms with Crippen LogP contribution in [0.2, 0.25) is 15.5 Å². The first-order valence-electron chi connectivity index (χ1n) is 24.7. The zero-order valence-electron chi connectivity index (χ0n) is 45.3. The van der Waals surface area contributed by atoms with Crippen LogP contribution in [0.1, 0.15) is 56.0 Å². The molecule has 4 aromatic carbocycles. The number of hydrogen-bond acceptors (Lipinski definition) is 18. The molecule has 0 saturated carbocycles. The Labute approximate surface area is 575 Å². The van der Waals surface area contributed by atoms with Crippen molar-refractivity contribution in [2.45, 2.75) is 59.4 Å². The fourth-order valence-electron chi connectivity index (χ4n) is 6.40. The zero-order valence-corrected chi connectivity index (χ0v) is 60.2. The highest BCUT2D eigenvalue weighted by Crippen LogP contribution is 2.40. The highest BCUT2D eigenvalue weighted by Gasteiger charge is 2.16. The molecule has 0 fully saturated rings. The second kappa shape index (κ2) is 38.2. The van der Waals surface area contributed by atoms with Gasteiger partial charge in [0.15, 0.2) is 32.7 Å². The third kappa shape index (κ3) is 26.3. The minimum absolute atomic E-state index is 0.0633. The van der Waals surface area contributed by atoms with E-state index in [0.717, 1.165) is 40.1 Å². The van der Waals surface area contributed by atoms with E-state index in [0.29, 0.717) is 101 Å². The second-order valence-electron chi connectivity index (χ2n) is 17.2. The summed E-state index contributed by atoms with van der Waals surface area (Å²) < 4.78 is 34.0. The molecule has 0 saturated heterocycles. The quantitative estimate of drug-likeness (QED) is 0.0617. The van der Waals surface area contributed by atoms with Gasteiger partial charge in [-0.3, -0.25) is 19.2 Å². The molecule has 0 bridgehead atoms. The zero-order chi connectivity index (χ0) is 63.6. The standard InChI is InChI=1S/C17H18Br2N2O4.C14H12Br2N2O4.C12H9Br2ClN2O2.C8H8Br2O2.C4H2Cl2N2/c1-10(2)21-16(23)5-4-15(20-21)25-17-13(18)8-12(9-14(17)19)6-7-24-11(3)22;1-8(19)21-5-4-9-6-10(15)14(11(16)7-9)22-13-3-2-12(20)17-18-13;13-8-5-7(3-4-18)6-9(14)12(8)19-11-2-1-10(15)16-17-11;9-6-3-5(1-2-11)4-7(10)8(6)12;5-3-1-2-4(6)8-7-3/h4-5,8-10H,6-7H2,1-3H3;2-3,6-7H,4-5H2,1H3,(H,17,20);1-2,5-6,18H,3-4H2;3-4,11-12H,1-2H2;1-2H. The van der Waals surface area contributed by atoms with E-state index in [2.05, 4.69) is 163 Å². The first-order valence-corrected chi connectivity index (χ1v) is 32.2. The number of ether oxygens (including phenoxy) is 5. The van der Waals surface area contributed by atoms with Crippen LogP contribution in [0.4, 0.5) is 0 Å². The number of phenols is 1. The summed E-state index contributed by atoms with van der Waals surface area (Å²) in [6.07, 6.45) is 2.36. The van der Waals surface area contributed by atoms with Crippen LogP contribution in [0, 0.1) is 0 Å². The number of halogens is 11. The maximum absolute atomic E-state index is 11.8. The summed E-state index contributed by atoms with van der Waals surface area (Å²) in [5, 5.41) is 52.8. The molecule has 4 N–H and O–H groups in total.